The fourth-order valence-corrected chi connectivity index (χ4v) is 3.06. The van der Waals surface area contributed by atoms with E-state index in [0.717, 1.165) is 5.56 Å². The molecule has 0 aromatic heterocycles. The third kappa shape index (κ3) is 2.13. The Morgan fingerprint density at radius 1 is 1.05 bits per heavy atom. The highest BCUT2D eigenvalue weighted by atomic mass is 79.9. The van der Waals surface area contributed by atoms with Crippen LogP contribution in [0.15, 0.2) is 60.7 Å². The first-order valence-corrected chi connectivity index (χ1v) is 7.28. The van der Waals surface area contributed by atoms with Gasteiger partial charge in [0.05, 0.1) is 0 Å². The van der Waals surface area contributed by atoms with Crippen LogP contribution in [0.1, 0.15) is 15.9 Å². The standard InChI is InChI=1S/C16H13BrO2/c17-11-16(13-9-5-2-6-10-13)15(19-16)14(18)12-7-3-1-4-8-12/h1-10,15H,11H2/t15-,16-/m1/s1. The summed E-state index contributed by atoms with van der Waals surface area (Å²) >= 11 is 3.47. The summed E-state index contributed by atoms with van der Waals surface area (Å²) in [7, 11) is 0. The molecule has 2 atom stereocenters. The summed E-state index contributed by atoms with van der Waals surface area (Å²) in [4.78, 5) is 12.4. The number of hydrogen-bond donors (Lipinski definition) is 0. The number of rotatable bonds is 4. The van der Waals surface area contributed by atoms with Crippen molar-refractivity contribution in [3.63, 3.8) is 0 Å². The average Bonchev–Trinajstić information content (AvgIpc) is 3.24. The lowest BCUT2D eigenvalue weighted by Gasteiger charge is -2.09. The Hall–Kier alpha value is -1.45. The Kier molecular flexibility index (Phi) is 3.25. The molecule has 0 spiro atoms. The number of halogens is 1. The minimum Gasteiger partial charge on any atom is -0.351 e. The summed E-state index contributed by atoms with van der Waals surface area (Å²) in [5.41, 5.74) is 1.24. The van der Waals surface area contributed by atoms with E-state index in [1.54, 1.807) is 0 Å². The van der Waals surface area contributed by atoms with E-state index in [9.17, 15) is 4.79 Å². The first-order valence-electron chi connectivity index (χ1n) is 6.16. The Balaban J connectivity index is 1.88. The molecule has 3 heteroatoms. The fraction of sp³-hybridized carbons (Fsp3) is 0.188. The van der Waals surface area contributed by atoms with Crippen molar-refractivity contribution in [2.45, 2.75) is 11.7 Å². The predicted molar refractivity (Wildman–Crippen MR) is 77.6 cm³/mol. The highest BCUT2D eigenvalue weighted by Crippen LogP contribution is 2.48. The number of carbonyl (C=O) groups excluding carboxylic acids is 1. The lowest BCUT2D eigenvalue weighted by molar-refractivity contribution is 0.0953. The quantitative estimate of drug-likeness (QED) is 0.490. The Bertz CT molecular complexity index is 582. The molecule has 1 aliphatic heterocycles. The van der Waals surface area contributed by atoms with Gasteiger partial charge in [-0.25, -0.2) is 0 Å². The van der Waals surface area contributed by atoms with Crippen molar-refractivity contribution in [2.24, 2.45) is 0 Å². The molecule has 1 aliphatic rings. The number of ketones is 1. The van der Waals surface area contributed by atoms with Crippen molar-refractivity contribution in [1.29, 1.82) is 0 Å². The van der Waals surface area contributed by atoms with E-state index in [4.69, 9.17) is 4.74 Å². The Morgan fingerprint density at radius 3 is 2.21 bits per heavy atom. The molecule has 1 heterocycles. The minimum absolute atomic E-state index is 0.0453. The number of Topliss-reactive ketones (excluding diaryl/α,β-unsaturated/α-hetero) is 1. The monoisotopic (exact) mass is 316 g/mol. The topological polar surface area (TPSA) is 29.6 Å². The number of ether oxygens (including phenoxy) is 1. The van der Waals surface area contributed by atoms with E-state index in [1.165, 1.54) is 0 Å². The highest BCUT2D eigenvalue weighted by molar-refractivity contribution is 9.09. The first kappa shape index (κ1) is 12.6. The smallest absolute Gasteiger partial charge is 0.194 e. The summed E-state index contributed by atoms with van der Waals surface area (Å²) in [5, 5.41) is 0.618. The van der Waals surface area contributed by atoms with Crippen LogP contribution in [-0.2, 0) is 10.3 Å². The number of carbonyl (C=O) groups is 1. The lowest BCUT2D eigenvalue weighted by atomic mass is 9.93. The Morgan fingerprint density at radius 2 is 1.63 bits per heavy atom. The van der Waals surface area contributed by atoms with Crippen molar-refractivity contribution in [1.82, 2.24) is 0 Å². The maximum atomic E-state index is 12.4. The minimum atomic E-state index is -0.506. The van der Waals surface area contributed by atoms with Crippen molar-refractivity contribution >= 4 is 21.7 Å². The van der Waals surface area contributed by atoms with Gasteiger partial charge in [0.25, 0.3) is 0 Å². The molecule has 2 nitrogen and oxygen atoms in total. The zero-order valence-electron chi connectivity index (χ0n) is 10.3. The third-order valence-corrected chi connectivity index (χ3v) is 4.28. The number of epoxide rings is 1. The van der Waals surface area contributed by atoms with Crippen molar-refractivity contribution in [2.75, 3.05) is 5.33 Å². The molecule has 1 fully saturated rings. The van der Waals surface area contributed by atoms with Gasteiger partial charge in [-0.15, -0.1) is 0 Å². The number of alkyl halides is 1. The second-order valence-corrected chi connectivity index (χ2v) is 5.18. The molecular weight excluding hydrogens is 304 g/mol. The number of hydrogen-bond acceptors (Lipinski definition) is 2. The van der Waals surface area contributed by atoms with E-state index < -0.39 is 11.7 Å². The van der Waals surface area contributed by atoms with Crippen LogP contribution >= 0.6 is 15.9 Å². The van der Waals surface area contributed by atoms with Gasteiger partial charge in [-0.2, -0.15) is 0 Å². The summed E-state index contributed by atoms with van der Waals surface area (Å²) < 4.78 is 5.76. The van der Waals surface area contributed by atoms with Gasteiger partial charge in [0.2, 0.25) is 0 Å². The van der Waals surface area contributed by atoms with Crippen molar-refractivity contribution in [3.8, 4) is 0 Å². The van der Waals surface area contributed by atoms with Gasteiger partial charge in [-0.05, 0) is 5.56 Å². The predicted octanol–water partition coefficient (Wildman–Crippen LogP) is 3.56. The third-order valence-electron chi connectivity index (χ3n) is 3.45. The average molecular weight is 317 g/mol. The normalized spacial score (nSPS) is 25.0. The van der Waals surface area contributed by atoms with Crippen molar-refractivity contribution in [3.05, 3.63) is 71.8 Å². The summed E-state index contributed by atoms with van der Waals surface area (Å²) in [6.07, 6.45) is -0.392. The molecule has 0 aliphatic carbocycles. The molecular formula is C16H13BrO2. The van der Waals surface area contributed by atoms with Crippen LogP contribution in [0.3, 0.4) is 0 Å². The fourth-order valence-electron chi connectivity index (χ4n) is 2.31. The molecule has 1 saturated heterocycles. The molecule has 3 rings (SSSR count). The van der Waals surface area contributed by atoms with Gasteiger partial charge >= 0.3 is 0 Å². The van der Waals surface area contributed by atoms with Crippen LogP contribution in [0.25, 0.3) is 0 Å². The van der Waals surface area contributed by atoms with Gasteiger partial charge in [0.15, 0.2) is 11.9 Å². The molecule has 0 N–H and O–H groups in total. The second kappa shape index (κ2) is 4.91. The van der Waals surface area contributed by atoms with Gasteiger partial charge in [0.1, 0.15) is 5.60 Å². The van der Waals surface area contributed by atoms with Gasteiger partial charge in [-0.3, -0.25) is 4.79 Å². The van der Waals surface area contributed by atoms with E-state index >= 15 is 0 Å². The Labute approximate surface area is 120 Å². The molecule has 0 unspecified atom stereocenters. The second-order valence-electron chi connectivity index (χ2n) is 4.62. The SMILES string of the molecule is O=C(c1ccccc1)[C@H]1O[C@]1(CBr)c1ccccc1. The molecule has 0 radical (unpaired) electrons. The number of benzene rings is 2. The van der Waals surface area contributed by atoms with Crippen LogP contribution in [0.2, 0.25) is 0 Å². The van der Waals surface area contributed by atoms with Crippen molar-refractivity contribution < 1.29 is 9.53 Å². The van der Waals surface area contributed by atoms with Gasteiger partial charge in [-0.1, -0.05) is 76.6 Å². The molecule has 2 aromatic carbocycles. The van der Waals surface area contributed by atoms with Gasteiger partial charge < -0.3 is 4.74 Å². The zero-order valence-corrected chi connectivity index (χ0v) is 11.8. The summed E-state index contributed by atoms with van der Waals surface area (Å²) in [5.74, 6) is 0.0453. The molecule has 19 heavy (non-hydrogen) atoms. The van der Waals surface area contributed by atoms with Gasteiger partial charge in [0, 0.05) is 10.9 Å². The molecule has 96 valence electrons. The van der Waals surface area contributed by atoms with Crippen LogP contribution in [0.5, 0.6) is 0 Å². The van der Waals surface area contributed by atoms with E-state index in [-0.39, 0.29) is 5.78 Å². The molecule has 0 saturated carbocycles. The van der Waals surface area contributed by atoms with Crippen LogP contribution in [0.4, 0.5) is 0 Å². The highest BCUT2D eigenvalue weighted by Gasteiger charge is 2.60. The molecule has 2 aromatic rings. The molecule has 0 amide bonds. The lowest BCUT2D eigenvalue weighted by Crippen LogP contribution is -2.20. The maximum absolute atomic E-state index is 12.4. The largest absolute Gasteiger partial charge is 0.351 e. The zero-order chi connectivity index (χ0) is 13.3. The van der Waals surface area contributed by atoms with E-state index in [1.807, 2.05) is 60.7 Å². The first-order chi connectivity index (χ1) is 9.28. The van der Waals surface area contributed by atoms with E-state index in [0.29, 0.717) is 10.9 Å². The summed E-state index contributed by atoms with van der Waals surface area (Å²) in [6.45, 7) is 0. The molecule has 0 bridgehead atoms. The van der Waals surface area contributed by atoms with Crippen LogP contribution in [-0.4, -0.2) is 17.2 Å². The van der Waals surface area contributed by atoms with Crippen LogP contribution in [0, 0.1) is 0 Å². The summed E-state index contributed by atoms with van der Waals surface area (Å²) in [6, 6.07) is 19.2. The van der Waals surface area contributed by atoms with Crippen LogP contribution < -0.4 is 0 Å². The van der Waals surface area contributed by atoms with E-state index in [2.05, 4.69) is 15.9 Å². The maximum Gasteiger partial charge on any atom is 0.194 e.